The van der Waals surface area contributed by atoms with Crippen molar-refractivity contribution in [1.29, 1.82) is 0 Å². The van der Waals surface area contributed by atoms with E-state index in [1.165, 1.54) is 0 Å². The number of aromatic nitrogens is 2. The predicted molar refractivity (Wildman–Crippen MR) is 64.7 cm³/mol. The fourth-order valence-corrected chi connectivity index (χ4v) is 1.52. The smallest absolute Gasteiger partial charge is 0.222 e. The highest BCUT2D eigenvalue weighted by molar-refractivity contribution is 9.10. The Labute approximate surface area is 96.7 Å². The molecule has 0 aliphatic carbocycles. The van der Waals surface area contributed by atoms with Gasteiger partial charge in [-0.15, -0.1) is 0 Å². The van der Waals surface area contributed by atoms with Crippen molar-refractivity contribution in [3.63, 3.8) is 0 Å². The van der Waals surface area contributed by atoms with Gasteiger partial charge in [0.15, 0.2) is 0 Å². The van der Waals surface area contributed by atoms with Crippen LogP contribution in [0.25, 0.3) is 11.3 Å². The molecule has 0 spiro atoms. The molecule has 0 atom stereocenters. The van der Waals surface area contributed by atoms with Crippen LogP contribution in [0.15, 0.2) is 41.0 Å². The second-order valence-electron chi connectivity index (χ2n) is 3.02. The van der Waals surface area contributed by atoms with Crippen molar-refractivity contribution >= 4 is 21.9 Å². The SMILES string of the molecule is CNc1nccc(-c2ccc(Br)cc2)n1. The van der Waals surface area contributed by atoms with Gasteiger partial charge in [-0.3, -0.25) is 0 Å². The van der Waals surface area contributed by atoms with Crippen molar-refractivity contribution in [2.75, 3.05) is 12.4 Å². The maximum atomic E-state index is 4.35. The fraction of sp³-hybridized carbons (Fsp3) is 0.0909. The molecule has 1 aromatic carbocycles. The van der Waals surface area contributed by atoms with E-state index in [0.29, 0.717) is 5.95 Å². The van der Waals surface area contributed by atoms with E-state index >= 15 is 0 Å². The average molecular weight is 264 g/mol. The summed E-state index contributed by atoms with van der Waals surface area (Å²) < 4.78 is 1.06. The molecule has 0 saturated carbocycles. The van der Waals surface area contributed by atoms with Gasteiger partial charge in [0.2, 0.25) is 5.95 Å². The topological polar surface area (TPSA) is 37.8 Å². The average Bonchev–Trinajstić information content (AvgIpc) is 2.30. The van der Waals surface area contributed by atoms with Crippen LogP contribution in [-0.4, -0.2) is 17.0 Å². The maximum Gasteiger partial charge on any atom is 0.222 e. The minimum Gasteiger partial charge on any atom is -0.357 e. The van der Waals surface area contributed by atoms with E-state index in [0.717, 1.165) is 15.7 Å². The van der Waals surface area contributed by atoms with E-state index in [1.807, 2.05) is 30.3 Å². The van der Waals surface area contributed by atoms with Gasteiger partial charge in [0.05, 0.1) is 5.69 Å². The summed E-state index contributed by atoms with van der Waals surface area (Å²) in [6.45, 7) is 0. The van der Waals surface area contributed by atoms with E-state index < -0.39 is 0 Å². The van der Waals surface area contributed by atoms with E-state index in [9.17, 15) is 0 Å². The van der Waals surface area contributed by atoms with Crippen molar-refractivity contribution < 1.29 is 0 Å². The molecule has 1 aromatic heterocycles. The summed E-state index contributed by atoms with van der Waals surface area (Å²) in [5, 5.41) is 2.92. The Morgan fingerprint density at radius 1 is 1.13 bits per heavy atom. The van der Waals surface area contributed by atoms with Gasteiger partial charge in [0.1, 0.15) is 0 Å². The molecule has 2 rings (SSSR count). The van der Waals surface area contributed by atoms with Crippen molar-refractivity contribution in [2.24, 2.45) is 0 Å². The molecule has 76 valence electrons. The zero-order valence-corrected chi connectivity index (χ0v) is 9.82. The first-order chi connectivity index (χ1) is 7.29. The van der Waals surface area contributed by atoms with Gasteiger partial charge in [-0.05, 0) is 18.2 Å². The summed E-state index contributed by atoms with van der Waals surface area (Å²) in [5.41, 5.74) is 2.00. The summed E-state index contributed by atoms with van der Waals surface area (Å²) in [7, 11) is 1.81. The minimum absolute atomic E-state index is 0.635. The van der Waals surface area contributed by atoms with Gasteiger partial charge >= 0.3 is 0 Å². The van der Waals surface area contributed by atoms with Crippen LogP contribution in [0.5, 0.6) is 0 Å². The number of benzene rings is 1. The first kappa shape index (κ1) is 10.1. The fourth-order valence-electron chi connectivity index (χ4n) is 1.26. The number of hydrogen-bond donors (Lipinski definition) is 1. The lowest BCUT2D eigenvalue weighted by Crippen LogP contribution is -1.96. The summed E-state index contributed by atoms with van der Waals surface area (Å²) >= 11 is 3.40. The molecule has 0 aliphatic rings. The molecule has 4 heteroatoms. The first-order valence-corrected chi connectivity index (χ1v) is 5.35. The third-order valence-electron chi connectivity index (χ3n) is 2.02. The monoisotopic (exact) mass is 263 g/mol. The zero-order chi connectivity index (χ0) is 10.7. The molecule has 2 aromatic rings. The van der Waals surface area contributed by atoms with Gasteiger partial charge < -0.3 is 5.32 Å². The molecule has 0 saturated heterocycles. The quantitative estimate of drug-likeness (QED) is 0.906. The molecule has 0 radical (unpaired) electrons. The maximum absolute atomic E-state index is 4.35. The number of halogens is 1. The number of hydrogen-bond acceptors (Lipinski definition) is 3. The van der Waals surface area contributed by atoms with Gasteiger partial charge in [-0.25, -0.2) is 9.97 Å². The van der Waals surface area contributed by atoms with Crippen LogP contribution in [0, 0.1) is 0 Å². The molecule has 0 amide bonds. The highest BCUT2D eigenvalue weighted by Crippen LogP contribution is 2.20. The molecule has 0 fully saturated rings. The van der Waals surface area contributed by atoms with E-state index in [1.54, 1.807) is 13.2 Å². The summed E-state index contributed by atoms with van der Waals surface area (Å²) in [5.74, 6) is 0.635. The van der Waals surface area contributed by atoms with Crippen molar-refractivity contribution in [1.82, 2.24) is 9.97 Å². The van der Waals surface area contributed by atoms with Crippen LogP contribution in [0.1, 0.15) is 0 Å². The zero-order valence-electron chi connectivity index (χ0n) is 8.24. The van der Waals surface area contributed by atoms with Crippen LogP contribution >= 0.6 is 15.9 Å². The third-order valence-corrected chi connectivity index (χ3v) is 2.55. The lowest BCUT2D eigenvalue weighted by atomic mass is 10.1. The largest absolute Gasteiger partial charge is 0.357 e. The normalized spacial score (nSPS) is 10.0. The number of rotatable bonds is 2. The lowest BCUT2D eigenvalue weighted by Gasteiger charge is -2.02. The van der Waals surface area contributed by atoms with Crippen LogP contribution in [-0.2, 0) is 0 Å². The Hall–Kier alpha value is -1.42. The Morgan fingerprint density at radius 3 is 2.53 bits per heavy atom. The Bertz CT molecular complexity index is 454. The Morgan fingerprint density at radius 2 is 1.87 bits per heavy atom. The van der Waals surface area contributed by atoms with Crippen molar-refractivity contribution in [3.05, 3.63) is 41.0 Å². The van der Waals surface area contributed by atoms with Crippen LogP contribution < -0.4 is 5.32 Å². The molecule has 0 bridgehead atoms. The standard InChI is InChI=1S/C11H10BrN3/c1-13-11-14-7-6-10(15-11)8-2-4-9(12)5-3-8/h2-7H,1H3,(H,13,14,15). The van der Waals surface area contributed by atoms with E-state index in [2.05, 4.69) is 31.2 Å². The molecule has 0 aliphatic heterocycles. The number of nitrogens with zero attached hydrogens (tertiary/aromatic N) is 2. The predicted octanol–water partition coefficient (Wildman–Crippen LogP) is 2.95. The summed E-state index contributed by atoms with van der Waals surface area (Å²) in [6, 6.07) is 9.93. The van der Waals surface area contributed by atoms with Crippen molar-refractivity contribution in [2.45, 2.75) is 0 Å². The highest BCUT2D eigenvalue weighted by Gasteiger charge is 2.00. The molecule has 1 N–H and O–H groups in total. The third kappa shape index (κ3) is 2.33. The second kappa shape index (κ2) is 4.40. The van der Waals surface area contributed by atoms with Crippen LogP contribution in [0.3, 0.4) is 0 Å². The van der Waals surface area contributed by atoms with E-state index in [-0.39, 0.29) is 0 Å². The first-order valence-electron chi connectivity index (χ1n) is 4.56. The Kier molecular flexibility index (Phi) is 2.97. The molecular formula is C11H10BrN3. The van der Waals surface area contributed by atoms with Gasteiger partial charge in [-0.2, -0.15) is 0 Å². The van der Waals surface area contributed by atoms with Crippen LogP contribution in [0.2, 0.25) is 0 Å². The second-order valence-corrected chi connectivity index (χ2v) is 3.94. The number of nitrogens with one attached hydrogen (secondary N) is 1. The van der Waals surface area contributed by atoms with Gasteiger partial charge in [0, 0.05) is 23.3 Å². The summed E-state index contributed by atoms with van der Waals surface area (Å²) in [6.07, 6.45) is 1.75. The number of anilines is 1. The lowest BCUT2D eigenvalue weighted by molar-refractivity contribution is 1.15. The van der Waals surface area contributed by atoms with Gasteiger partial charge in [-0.1, -0.05) is 28.1 Å². The van der Waals surface area contributed by atoms with E-state index in [4.69, 9.17) is 0 Å². The van der Waals surface area contributed by atoms with Gasteiger partial charge in [0.25, 0.3) is 0 Å². The minimum atomic E-state index is 0.635. The molecular weight excluding hydrogens is 254 g/mol. The molecule has 15 heavy (non-hydrogen) atoms. The van der Waals surface area contributed by atoms with Crippen molar-refractivity contribution in [3.8, 4) is 11.3 Å². The van der Waals surface area contributed by atoms with Crippen LogP contribution in [0.4, 0.5) is 5.95 Å². The molecule has 1 heterocycles. The highest BCUT2D eigenvalue weighted by atomic mass is 79.9. The molecule has 0 unspecified atom stereocenters. The molecule has 3 nitrogen and oxygen atoms in total. The Balaban J connectivity index is 2.40. The summed E-state index contributed by atoms with van der Waals surface area (Å²) in [4.78, 5) is 8.42.